The molecule has 0 saturated carbocycles. The molecule has 0 aliphatic carbocycles. The smallest absolute Gasteiger partial charge is 0.256 e. The highest BCUT2D eigenvalue weighted by Gasteiger charge is 2.21. The minimum absolute atomic E-state index is 0.0575. The normalized spacial score (nSPS) is 14.2. The molecule has 1 fully saturated rings. The van der Waals surface area contributed by atoms with Gasteiger partial charge in [-0.3, -0.25) is 10.8 Å². The Morgan fingerprint density at radius 2 is 1.83 bits per heavy atom. The van der Waals surface area contributed by atoms with Gasteiger partial charge in [0, 0.05) is 19.5 Å². The maximum absolute atomic E-state index is 7.92. The fourth-order valence-corrected chi connectivity index (χ4v) is 4.51. The van der Waals surface area contributed by atoms with Gasteiger partial charge in [0.15, 0.2) is 11.7 Å². The van der Waals surface area contributed by atoms with Crippen molar-refractivity contribution in [3.8, 4) is 18.6 Å². The Hall–Kier alpha value is -2.98. The summed E-state index contributed by atoms with van der Waals surface area (Å²) in [6.45, 7) is 5.17. The Morgan fingerprint density at radius 1 is 1.09 bits per heavy atom. The summed E-state index contributed by atoms with van der Waals surface area (Å²) in [6.07, 6.45) is 11.1. The average Bonchev–Trinajstić information content (AvgIpc) is 3.30. The van der Waals surface area contributed by atoms with E-state index in [0.29, 0.717) is 28.2 Å². The molecule has 0 atom stereocenters. The molecule has 0 radical (unpaired) electrons. The number of benzene rings is 2. The van der Waals surface area contributed by atoms with Crippen molar-refractivity contribution in [2.24, 2.45) is 0 Å². The van der Waals surface area contributed by atoms with Gasteiger partial charge in [-0.25, -0.2) is 0 Å². The molecular formula is C27H29Cl2N3O3. The first kappa shape index (κ1) is 26.6. The van der Waals surface area contributed by atoms with E-state index in [4.69, 9.17) is 47.9 Å². The van der Waals surface area contributed by atoms with Crippen LogP contribution in [0.25, 0.3) is 11.0 Å². The average molecular weight is 514 g/mol. The molecule has 2 N–H and O–H groups in total. The Morgan fingerprint density at radius 3 is 2.51 bits per heavy atom. The van der Waals surface area contributed by atoms with E-state index in [9.17, 15) is 0 Å². The molecule has 1 aliphatic heterocycles. The molecule has 1 saturated heterocycles. The molecule has 184 valence electrons. The highest BCUT2D eigenvalue weighted by molar-refractivity contribution is 6.42. The molecular weight excluding hydrogens is 485 g/mol. The van der Waals surface area contributed by atoms with E-state index in [-0.39, 0.29) is 17.6 Å². The third kappa shape index (κ3) is 7.02. The molecule has 4 rings (SSSR count). The van der Waals surface area contributed by atoms with Gasteiger partial charge in [0.05, 0.1) is 22.0 Å². The zero-order chi connectivity index (χ0) is 25.4. The predicted molar refractivity (Wildman–Crippen MR) is 142 cm³/mol. The van der Waals surface area contributed by atoms with Crippen molar-refractivity contribution in [1.82, 2.24) is 4.90 Å². The number of fused-ring (bicyclic) bond motifs is 1. The molecule has 2 heterocycles. The van der Waals surface area contributed by atoms with Crippen molar-refractivity contribution in [1.29, 1.82) is 10.8 Å². The second-order valence-corrected chi connectivity index (χ2v) is 9.07. The Balaban J connectivity index is 0.00000167. The van der Waals surface area contributed by atoms with Crippen molar-refractivity contribution in [3.63, 3.8) is 0 Å². The maximum Gasteiger partial charge on any atom is 0.256 e. The number of likely N-dealkylation sites (tertiary alicyclic amines) is 1. The third-order valence-electron chi connectivity index (χ3n) is 5.88. The Bertz CT molecular complexity index is 1200. The molecule has 35 heavy (non-hydrogen) atoms. The van der Waals surface area contributed by atoms with Crippen LogP contribution in [0.4, 0.5) is 0 Å². The van der Waals surface area contributed by atoms with E-state index in [1.165, 1.54) is 12.5 Å². The van der Waals surface area contributed by atoms with Gasteiger partial charge in [-0.1, -0.05) is 35.3 Å². The molecule has 1 aliphatic rings. The van der Waals surface area contributed by atoms with Gasteiger partial charge in [0.25, 0.3) is 5.90 Å². The molecule has 1 aromatic heterocycles. The van der Waals surface area contributed by atoms with Crippen molar-refractivity contribution in [2.75, 3.05) is 26.2 Å². The van der Waals surface area contributed by atoms with Crippen molar-refractivity contribution >= 4 is 46.0 Å². The Kier molecular flexibility index (Phi) is 9.62. The molecule has 6 nitrogen and oxygen atoms in total. The third-order valence-corrected chi connectivity index (χ3v) is 6.62. The first-order chi connectivity index (χ1) is 16.9. The van der Waals surface area contributed by atoms with Crippen LogP contribution in [0, 0.1) is 23.7 Å². The summed E-state index contributed by atoms with van der Waals surface area (Å²) in [5.74, 6) is 1.28. The zero-order valence-corrected chi connectivity index (χ0v) is 21.2. The highest BCUT2D eigenvalue weighted by Crippen LogP contribution is 2.32. The number of nitrogens with zero attached hydrogens (tertiary/aromatic N) is 1. The number of piperidine rings is 1. The van der Waals surface area contributed by atoms with Gasteiger partial charge in [0.2, 0.25) is 0 Å². The summed E-state index contributed by atoms with van der Waals surface area (Å²) in [6, 6.07) is 13.3. The largest absolute Gasteiger partial charge is 0.493 e. The number of nitrogens with one attached hydrogen (secondary N) is 2. The number of furan rings is 1. The zero-order valence-electron chi connectivity index (χ0n) is 19.7. The number of terminal acetylenes is 1. The fraction of sp³-hybridized carbons (Fsp3) is 0.333. The van der Waals surface area contributed by atoms with Crippen LogP contribution in [0.15, 0.2) is 46.9 Å². The second-order valence-electron chi connectivity index (χ2n) is 8.26. The maximum atomic E-state index is 7.92. The van der Waals surface area contributed by atoms with Crippen LogP contribution in [-0.4, -0.2) is 42.9 Å². The summed E-state index contributed by atoms with van der Waals surface area (Å²) in [5.41, 5.74) is 1.90. The monoisotopic (exact) mass is 513 g/mol. The summed E-state index contributed by atoms with van der Waals surface area (Å²) < 4.78 is 16.7. The lowest BCUT2D eigenvalue weighted by Gasteiger charge is -2.32. The summed E-state index contributed by atoms with van der Waals surface area (Å²) in [7, 11) is 0. The van der Waals surface area contributed by atoms with Crippen LogP contribution in [0.1, 0.15) is 43.4 Å². The summed E-state index contributed by atoms with van der Waals surface area (Å²) in [5, 5.41) is 17.3. The molecule has 2 aromatic carbocycles. The van der Waals surface area contributed by atoms with Gasteiger partial charge in [0.1, 0.15) is 11.3 Å². The van der Waals surface area contributed by atoms with E-state index in [1.807, 2.05) is 30.3 Å². The number of halogens is 2. The standard InChI is InChI=1S/C25H27Cl2N3O3.C2H2/c1-16(28)32-25(29)24-15-19-22(4-2-5-23(19)33-24)31-13-3-10-30-11-8-17(9-12-30)18-6-7-20(26)21(27)14-18;1-2/h2,4-7,14-15,17,28-29H,3,8-13H2,1H3;1-2H. The molecule has 0 unspecified atom stereocenters. The van der Waals surface area contributed by atoms with E-state index in [1.54, 1.807) is 6.07 Å². The quantitative estimate of drug-likeness (QED) is 0.154. The lowest BCUT2D eigenvalue weighted by atomic mass is 9.89. The fourth-order valence-electron chi connectivity index (χ4n) is 4.20. The van der Waals surface area contributed by atoms with Gasteiger partial charge >= 0.3 is 0 Å². The predicted octanol–water partition coefficient (Wildman–Crippen LogP) is 6.98. The second kappa shape index (κ2) is 12.6. The number of ether oxygens (including phenoxy) is 2. The first-order valence-corrected chi connectivity index (χ1v) is 12.1. The van der Waals surface area contributed by atoms with Crippen LogP contribution in [0.3, 0.4) is 0 Å². The minimum Gasteiger partial charge on any atom is -0.493 e. The van der Waals surface area contributed by atoms with Gasteiger partial charge < -0.3 is 18.8 Å². The van der Waals surface area contributed by atoms with Crippen LogP contribution in [0.5, 0.6) is 5.75 Å². The SMILES string of the molecule is C#C.CC(=N)OC(=N)c1cc2c(OCCCN3CCC(c4ccc(Cl)c(Cl)c4)CC3)cccc2o1. The van der Waals surface area contributed by atoms with Crippen LogP contribution < -0.4 is 4.74 Å². The molecule has 8 heteroatoms. The van der Waals surface area contributed by atoms with Gasteiger partial charge in [-0.05, 0) is 68.1 Å². The van der Waals surface area contributed by atoms with E-state index in [2.05, 4.69) is 23.8 Å². The number of hydrogen-bond donors (Lipinski definition) is 2. The number of hydrogen-bond acceptors (Lipinski definition) is 6. The topological polar surface area (TPSA) is 82.5 Å². The molecule has 0 bridgehead atoms. The molecule has 0 amide bonds. The van der Waals surface area contributed by atoms with Gasteiger partial charge in [-0.15, -0.1) is 12.8 Å². The molecule has 0 spiro atoms. The minimum atomic E-state index is -0.186. The van der Waals surface area contributed by atoms with Crippen molar-refractivity contribution in [2.45, 2.75) is 32.1 Å². The van der Waals surface area contributed by atoms with Crippen LogP contribution in [0.2, 0.25) is 10.0 Å². The lowest BCUT2D eigenvalue weighted by Crippen LogP contribution is -2.34. The van der Waals surface area contributed by atoms with E-state index >= 15 is 0 Å². The van der Waals surface area contributed by atoms with Gasteiger partial charge in [-0.2, -0.15) is 0 Å². The number of rotatable bonds is 7. The van der Waals surface area contributed by atoms with Crippen molar-refractivity contribution in [3.05, 3.63) is 63.8 Å². The summed E-state index contributed by atoms with van der Waals surface area (Å²) in [4.78, 5) is 2.48. The first-order valence-electron chi connectivity index (χ1n) is 11.4. The van der Waals surface area contributed by atoms with Crippen LogP contribution >= 0.6 is 23.2 Å². The summed E-state index contributed by atoms with van der Waals surface area (Å²) >= 11 is 12.2. The van der Waals surface area contributed by atoms with E-state index in [0.717, 1.165) is 50.0 Å². The Labute approximate surface area is 216 Å². The van der Waals surface area contributed by atoms with Crippen molar-refractivity contribution < 1.29 is 13.9 Å². The molecule has 3 aromatic rings. The highest BCUT2D eigenvalue weighted by atomic mass is 35.5. The lowest BCUT2D eigenvalue weighted by molar-refractivity contribution is 0.193. The van der Waals surface area contributed by atoms with Crippen LogP contribution in [-0.2, 0) is 4.74 Å². The van der Waals surface area contributed by atoms with E-state index < -0.39 is 0 Å².